The molecule has 0 unspecified atom stereocenters. The molecule has 1 aliphatic rings. The second-order valence-electron chi connectivity index (χ2n) is 10.8. The minimum absolute atomic E-state index is 0.0989. The number of amides is 2. The van der Waals surface area contributed by atoms with Crippen molar-refractivity contribution in [1.29, 1.82) is 0 Å². The number of nitrogens with one attached hydrogen (secondary N) is 1. The van der Waals surface area contributed by atoms with Gasteiger partial charge in [-0.1, -0.05) is 78.9 Å². The number of rotatable bonds is 10. The maximum atomic E-state index is 13.8. The summed E-state index contributed by atoms with van der Waals surface area (Å²) in [6.07, 6.45) is 2.76. The fourth-order valence-corrected chi connectivity index (χ4v) is 5.04. The Morgan fingerprint density at radius 1 is 0.927 bits per heavy atom. The molecule has 0 fully saturated rings. The van der Waals surface area contributed by atoms with Crippen LogP contribution in [-0.2, 0) is 25.5 Å². The molecule has 0 aromatic heterocycles. The first-order valence-corrected chi connectivity index (χ1v) is 13.6. The summed E-state index contributed by atoms with van der Waals surface area (Å²) in [7, 11) is 0. The Labute approximate surface area is 241 Å². The highest BCUT2D eigenvalue weighted by Crippen LogP contribution is 2.44. The Bertz CT molecular complexity index is 1410. The van der Waals surface area contributed by atoms with E-state index in [1.165, 1.54) is 11.0 Å². The first-order valence-electron chi connectivity index (χ1n) is 13.6. The lowest BCUT2D eigenvalue weighted by molar-refractivity contribution is -0.153. The maximum Gasteiger partial charge on any atom is 0.408 e. The maximum absolute atomic E-state index is 13.8. The first-order chi connectivity index (χ1) is 19.6. The van der Waals surface area contributed by atoms with Crippen LogP contribution in [0.15, 0.2) is 98.1 Å². The van der Waals surface area contributed by atoms with Gasteiger partial charge in [-0.25, -0.2) is 4.79 Å². The molecule has 0 bridgehead atoms. The fraction of sp³-hybridized carbons (Fsp3) is 0.265. The van der Waals surface area contributed by atoms with Gasteiger partial charge in [-0.15, -0.1) is 13.2 Å². The van der Waals surface area contributed by atoms with Gasteiger partial charge in [0.25, 0.3) is 5.91 Å². The monoisotopic (exact) mass is 552 g/mol. The van der Waals surface area contributed by atoms with Gasteiger partial charge in [-0.3, -0.25) is 14.5 Å². The Morgan fingerprint density at radius 3 is 2.10 bits per heavy atom. The number of alkyl carbamates (subject to hydrolysis) is 1. The van der Waals surface area contributed by atoms with E-state index in [0.29, 0.717) is 12.1 Å². The highest BCUT2D eigenvalue weighted by atomic mass is 16.6. The third-order valence-electron chi connectivity index (χ3n) is 6.74. The van der Waals surface area contributed by atoms with Crippen LogP contribution in [0.5, 0.6) is 0 Å². The van der Waals surface area contributed by atoms with Gasteiger partial charge < -0.3 is 14.8 Å². The molecule has 7 nitrogen and oxygen atoms in total. The minimum Gasteiger partial charge on any atom is -0.459 e. The summed E-state index contributed by atoms with van der Waals surface area (Å²) >= 11 is 0. The lowest BCUT2D eigenvalue weighted by Crippen LogP contribution is -2.50. The van der Waals surface area contributed by atoms with Gasteiger partial charge >= 0.3 is 12.1 Å². The van der Waals surface area contributed by atoms with Crippen LogP contribution in [0.2, 0.25) is 0 Å². The van der Waals surface area contributed by atoms with E-state index in [-0.39, 0.29) is 19.1 Å². The smallest absolute Gasteiger partial charge is 0.408 e. The van der Waals surface area contributed by atoms with Crippen molar-refractivity contribution in [2.45, 2.75) is 44.8 Å². The van der Waals surface area contributed by atoms with Gasteiger partial charge in [-0.05, 0) is 61.1 Å². The summed E-state index contributed by atoms with van der Waals surface area (Å²) in [5, 5.41) is 2.62. The summed E-state index contributed by atoms with van der Waals surface area (Å²) in [5.41, 5.74) is 4.98. The molecule has 0 heterocycles. The number of benzene rings is 3. The number of allylic oxidation sites excluding steroid dienone is 1. The van der Waals surface area contributed by atoms with E-state index in [9.17, 15) is 14.4 Å². The fourth-order valence-electron chi connectivity index (χ4n) is 5.04. The van der Waals surface area contributed by atoms with Crippen molar-refractivity contribution in [3.8, 4) is 11.1 Å². The van der Waals surface area contributed by atoms with Crippen molar-refractivity contribution in [3.63, 3.8) is 0 Å². The number of para-hydroxylation sites is 1. The van der Waals surface area contributed by atoms with Crippen LogP contribution in [0.25, 0.3) is 11.1 Å². The first kappa shape index (κ1) is 29.3. The highest BCUT2D eigenvalue weighted by molar-refractivity contribution is 6.03. The summed E-state index contributed by atoms with van der Waals surface area (Å²) in [6.45, 7) is 12.6. The van der Waals surface area contributed by atoms with Crippen molar-refractivity contribution in [2.75, 3.05) is 18.1 Å². The van der Waals surface area contributed by atoms with Crippen molar-refractivity contribution in [3.05, 3.63) is 115 Å². The molecule has 212 valence electrons. The number of carbonyl (C=O) groups is 3. The van der Waals surface area contributed by atoms with Crippen molar-refractivity contribution in [2.24, 2.45) is 0 Å². The summed E-state index contributed by atoms with van der Waals surface area (Å²) < 4.78 is 11.1. The molecular weight excluding hydrogens is 516 g/mol. The second-order valence-corrected chi connectivity index (χ2v) is 10.8. The Balaban J connectivity index is 1.51. The molecular formula is C34H36N2O5. The van der Waals surface area contributed by atoms with Crippen LogP contribution in [0.3, 0.4) is 0 Å². The number of anilines is 1. The third-order valence-corrected chi connectivity index (χ3v) is 6.74. The summed E-state index contributed by atoms with van der Waals surface area (Å²) in [4.78, 5) is 40.9. The van der Waals surface area contributed by atoms with Gasteiger partial charge in [-0.2, -0.15) is 0 Å². The minimum atomic E-state index is -1.15. The van der Waals surface area contributed by atoms with E-state index < -0.39 is 29.6 Å². The van der Waals surface area contributed by atoms with E-state index in [1.807, 2.05) is 48.5 Å². The van der Waals surface area contributed by atoms with Gasteiger partial charge in [0, 0.05) is 11.6 Å². The van der Waals surface area contributed by atoms with Crippen LogP contribution >= 0.6 is 0 Å². The summed E-state index contributed by atoms with van der Waals surface area (Å²) in [5.74, 6) is -1.25. The molecule has 0 saturated carbocycles. The quantitative estimate of drug-likeness (QED) is 0.240. The molecule has 0 spiro atoms. The van der Waals surface area contributed by atoms with Gasteiger partial charge in [0.15, 0.2) is 0 Å². The zero-order valence-electron chi connectivity index (χ0n) is 23.8. The SMILES string of the molecule is C=CCc1ccccc1N(CC(=O)OC(C)(C)C)C(=O)[C@@H](C=C)NC(=O)OCC1c2ccccc2-c2ccccc21. The number of nitrogens with zero attached hydrogens (tertiary/aromatic N) is 1. The second kappa shape index (κ2) is 12.7. The molecule has 4 rings (SSSR count). The standard InChI is InChI=1S/C34H36N2O5/c1-6-14-23-15-8-13-20-30(23)36(21-31(37)41-34(3,4)5)32(38)29(7-2)35-33(39)40-22-28-26-18-11-9-16-24(26)25-17-10-12-19-27(25)28/h6-13,15-20,28-29H,1-2,14,21-22H2,3-5H3,(H,35,39)/t29-/m1/s1. The Hall–Kier alpha value is -4.65. The molecule has 3 aromatic rings. The zero-order chi connectivity index (χ0) is 29.6. The predicted octanol–water partition coefficient (Wildman–Crippen LogP) is 6.18. The number of hydrogen-bond donors (Lipinski definition) is 1. The molecule has 0 saturated heterocycles. The molecule has 1 atom stereocenters. The predicted molar refractivity (Wildman–Crippen MR) is 161 cm³/mol. The number of hydrogen-bond acceptors (Lipinski definition) is 5. The lowest BCUT2D eigenvalue weighted by Gasteiger charge is -2.29. The lowest BCUT2D eigenvalue weighted by atomic mass is 9.98. The van der Waals surface area contributed by atoms with Gasteiger partial charge in [0.05, 0.1) is 0 Å². The molecule has 7 heteroatoms. The van der Waals surface area contributed by atoms with E-state index in [2.05, 4.69) is 30.6 Å². The highest BCUT2D eigenvalue weighted by Gasteiger charge is 2.32. The molecule has 3 aromatic carbocycles. The van der Waals surface area contributed by atoms with Crippen molar-refractivity contribution >= 4 is 23.7 Å². The third kappa shape index (κ3) is 6.92. The number of esters is 1. The van der Waals surface area contributed by atoms with E-state index in [1.54, 1.807) is 39.0 Å². The Morgan fingerprint density at radius 2 is 1.51 bits per heavy atom. The largest absolute Gasteiger partial charge is 0.459 e. The topological polar surface area (TPSA) is 84.9 Å². The average Bonchev–Trinajstić information content (AvgIpc) is 3.26. The van der Waals surface area contributed by atoms with Crippen LogP contribution in [0.4, 0.5) is 10.5 Å². The zero-order valence-corrected chi connectivity index (χ0v) is 23.8. The van der Waals surface area contributed by atoms with Crippen molar-refractivity contribution in [1.82, 2.24) is 5.32 Å². The Kier molecular flexibility index (Phi) is 9.07. The van der Waals surface area contributed by atoms with Crippen molar-refractivity contribution < 1.29 is 23.9 Å². The normalized spacial score (nSPS) is 12.9. The summed E-state index contributed by atoms with van der Waals surface area (Å²) in [6, 6.07) is 22.2. The molecule has 41 heavy (non-hydrogen) atoms. The number of carbonyl (C=O) groups excluding carboxylic acids is 3. The molecule has 0 radical (unpaired) electrons. The molecule has 1 aliphatic carbocycles. The van der Waals surface area contributed by atoms with Gasteiger partial charge in [0.2, 0.25) is 0 Å². The molecule has 0 aliphatic heterocycles. The van der Waals surface area contributed by atoms with E-state index in [0.717, 1.165) is 27.8 Å². The van der Waals surface area contributed by atoms with E-state index in [4.69, 9.17) is 9.47 Å². The molecule has 1 N–H and O–H groups in total. The van der Waals surface area contributed by atoms with Gasteiger partial charge in [0.1, 0.15) is 24.8 Å². The average molecular weight is 553 g/mol. The number of fused-ring (bicyclic) bond motifs is 3. The van der Waals surface area contributed by atoms with Crippen LogP contribution < -0.4 is 10.2 Å². The molecule has 2 amide bonds. The number of ether oxygens (including phenoxy) is 2. The van der Waals surface area contributed by atoms with E-state index >= 15 is 0 Å². The van der Waals surface area contributed by atoms with Crippen LogP contribution in [0.1, 0.15) is 43.4 Å². The van der Waals surface area contributed by atoms with Crippen LogP contribution in [-0.4, -0.2) is 42.8 Å². The van der Waals surface area contributed by atoms with Crippen LogP contribution in [0, 0.1) is 0 Å².